The first kappa shape index (κ1) is 22.3. The van der Waals surface area contributed by atoms with Crippen molar-refractivity contribution in [2.45, 2.75) is 76.1 Å². The van der Waals surface area contributed by atoms with Gasteiger partial charge < -0.3 is 9.47 Å². The van der Waals surface area contributed by atoms with Crippen LogP contribution in [0.5, 0.6) is 0 Å². The summed E-state index contributed by atoms with van der Waals surface area (Å²) in [6.45, 7) is 0. The van der Waals surface area contributed by atoms with E-state index in [0.29, 0.717) is 12.8 Å². The summed E-state index contributed by atoms with van der Waals surface area (Å²) < 4.78 is 27.4. The second kappa shape index (κ2) is 8.53. The highest BCUT2D eigenvalue weighted by Gasteiger charge is 2.80. The zero-order valence-electron chi connectivity index (χ0n) is 18.1. The standard InChI is InChI=1S/C25H27FN4O2/c26-19-12-9-8-11-18(19)21-23(15-27,16-28)24(17-29)20-13-7-5-3-1-2-4-6-10-14-25(20,31-21)32-22(24)30/h8-9,11-12,20-21,30H,1-7,10,13-14H2. The first-order valence-corrected chi connectivity index (χ1v) is 11.5. The zero-order chi connectivity index (χ0) is 22.8. The molecule has 2 heterocycles. The predicted octanol–water partition coefficient (Wildman–Crippen LogP) is 5.68. The molecule has 3 fully saturated rings. The number of nitrogens with zero attached hydrogens (tertiary/aromatic N) is 3. The molecule has 1 N–H and O–H groups in total. The Balaban J connectivity index is 1.91. The summed E-state index contributed by atoms with van der Waals surface area (Å²) in [6.07, 6.45) is 7.56. The van der Waals surface area contributed by atoms with E-state index in [1.54, 1.807) is 6.07 Å². The molecule has 2 aliphatic heterocycles. The van der Waals surface area contributed by atoms with Gasteiger partial charge in [-0.3, -0.25) is 5.41 Å². The Kier molecular flexibility index (Phi) is 5.93. The lowest BCUT2D eigenvalue weighted by molar-refractivity contribution is -0.288. The van der Waals surface area contributed by atoms with Gasteiger partial charge in [-0.05, 0) is 18.9 Å². The minimum absolute atomic E-state index is 0.0393. The topological polar surface area (TPSA) is 114 Å². The van der Waals surface area contributed by atoms with Gasteiger partial charge in [0, 0.05) is 12.0 Å². The fourth-order valence-electron chi connectivity index (χ4n) is 5.89. The van der Waals surface area contributed by atoms with Gasteiger partial charge in [0.25, 0.3) is 0 Å². The molecule has 1 aliphatic carbocycles. The van der Waals surface area contributed by atoms with E-state index in [-0.39, 0.29) is 5.56 Å². The largest absolute Gasteiger partial charge is 0.447 e. The zero-order valence-corrected chi connectivity index (χ0v) is 18.1. The molecule has 6 nitrogen and oxygen atoms in total. The molecule has 0 amide bonds. The Morgan fingerprint density at radius 1 is 0.906 bits per heavy atom. The highest BCUT2D eigenvalue weighted by molar-refractivity contribution is 5.89. The van der Waals surface area contributed by atoms with E-state index in [1.165, 1.54) is 24.6 Å². The van der Waals surface area contributed by atoms with Crippen LogP contribution >= 0.6 is 0 Å². The third kappa shape index (κ3) is 3.01. The Bertz CT molecular complexity index is 1010. The molecule has 4 unspecified atom stereocenters. The predicted molar refractivity (Wildman–Crippen MR) is 113 cm³/mol. The van der Waals surface area contributed by atoms with Crippen molar-refractivity contribution >= 4 is 5.90 Å². The smallest absolute Gasteiger partial charge is 0.217 e. The van der Waals surface area contributed by atoms with Crippen molar-refractivity contribution < 1.29 is 13.9 Å². The maximum atomic E-state index is 14.9. The van der Waals surface area contributed by atoms with E-state index in [1.807, 2.05) is 12.1 Å². The minimum atomic E-state index is -2.11. The second-order valence-corrected chi connectivity index (χ2v) is 9.13. The Morgan fingerprint density at radius 3 is 2.16 bits per heavy atom. The molecule has 4 atom stereocenters. The fraction of sp³-hybridized carbons (Fsp3) is 0.600. The molecule has 1 aromatic carbocycles. The monoisotopic (exact) mass is 434 g/mol. The van der Waals surface area contributed by atoms with Gasteiger partial charge in [-0.25, -0.2) is 4.39 Å². The van der Waals surface area contributed by atoms with E-state index in [2.05, 4.69) is 6.07 Å². The van der Waals surface area contributed by atoms with Gasteiger partial charge in [-0.15, -0.1) is 0 Å². The van der Waals surface area contributed by atoms with Crippen LogP contribution in [0, 0.1) is 62.0 Å². The number of ether oxygens (including phenoxy) is 2. The van der Waals surface area contributed by atoms with Gasteiger partial charge >= 0.3 is 0 Å². The lowest BCUT2D eigenvalue weighted by Crippen LogP contribution is -2.59. The van der Waals surface area contributed by atoms with E-state index < -0.39 is 40.4 Å². The summed E-state index contributed by atoms with van der Waals surface area (Å²) in [5, 5.41) is 39.8. The third-order valence-corrected chi connectivity index (χ3v) is 7.50. The molecule has 0 spiro atoms. The Morgan fingerprint density at radius 2 is 1.53 bits per heavy atom. The molecule has 1 saturated carbocycles. The van der Waals surface area contributed by atoms with Gasteiger partial charge in [-0.2, -0.15) is 15.8 Å². The third-order valence-electron chi connectivity index (χ3n) is 7.50. The summed E-state index contributed by atoms with van der Waals surface area (Å²) >= 11 is 0. The van der Waals surface area contributed by atoms with Crippen molar-refractivity contribution in [3.63, 3.8) is 0 Å². The highest BCUT2D eigenvalue weighted by atomic mass is 19.1. The van der Waals surface area contributed by atoms with E-state index in [9.17, 15) is 20.2 Å². The Labute approximate surface area is 188 Å². The van der Waals surface area contributed by atoms with Crippen LogP contribution in [0.2, 0.25) is 0 Å². The molecular weight excluding hydrogens is 407 g/mol. The van der Waals surface area contributed by atoms with E-state index in [0.717, 1.165) is 44.9 Å². The van der Waals surface area contributed by atoms with Crippen molar-refractivity contribution in [3.8, 4) is 18.2 Å². The molecule has 32 heavy (non-hydrogen) atoms. The minimum Gasteiger partial charge on any atom is -0.447 e. The average Bonchev–Trinajstić information content (AvgIpc) is 2.97. The second-order valence-electron chi connectivity index (χ2n) is 9.13. The van der Waals surface area contributed by atoms with Gasteiger partial charge in [0.05, 0.1) is 24.1 Å². The molecule has 0 aromatic heterocycles. The molecule has 7 heteroatoms. The number of nitrogens with one attached hydrogen (secondary N) is 1. The van der Waals surface area contributed by atoms with E-state index >= 15 is 0 Å². The lowest BCUT2D eigenvalue weighted by Gasteiger charge is -2.50. The number of halogens is 1. The van der Waals surface area contributed by atoms with Crippen LogP contribution in [-0.2, 0) is 9.47 Å². The van der Waals surface area contributed by atoms with Crippen molar-refractivity contribution in [1.82, 2.24) is 0 Å². The molecule has 4 rings (SSSR count). The molecule has 166 valence electrons. The average molecular weight is 435 g/mol. The van der Waals surface area contributed by atoms with Gasteiger partial charge in [0.15, 0.2) is 5.41 Å². The van der Waals surface area contributed by atoms with Gasteiger partial charge in [0.1, 0.15) is 11.9 Å². The van der Waals surface area contributed by atoms with Gasteiger partial charge in [0.2, 0.25) is 17.1 Å². The van der Waals surface area contributed by atoms with Gasteiger partial charge in [-0.1, -0.05) is 63.1 Å². The van der Waals surface area contributed by atoms with Crippen LogP contribution in [0.15, 0.2) is 24.3 Å². The fourth-order valence-corrected chi connectivity index (χ4v) is 5.89. The van der Waals surface area contributed by atoms with Crippen LogP contribution in [0.3, 0.4) is 0 Å². The summed E-state index contributed by atoms with van der Waals surface area (Å²) in [6, 6.07) is 12.1. The van der Waals surface area contributed by atoms with Crippen LogP contribution in [-0.4, -0.2) is 11.7 Å². The summed E-state index contributed by atoms with van der Waals surface area (Å²) in [7, 11) is 0. The molecule has 2 saturated heterocycles. The molecule has 3 aliphatic rings. The number of rotatable bonds is 1. The van der Waals surface area contributed by atoms with Crippen molar-refractivity contribution in [3.05, 3.63) is 35.6 Å². The number of hydrogen-bond acceptors (Lipinski definition) is 6. The maximum absolute atomic E-state index is 14.9. The molecule has 0 radical (unpaired) electrons. The van der Waals surface area contributed by atoms with Crippen molar-refractivity contribution in [1.29, 1.82) is 21.2 Å². The normalized spacial score (nSPS) is 34.4. The van der Waals surface area contributed by atoms with Crippen LogP contribution in [0.1, 0.15) is 75.9 Å². The number of hydrogen-bond donors (Lipinski definition) is 1. The van der Waals surface area contributed by atoms with Crippen LogP contribution in [0.25, 0.3) is 0 Å². The molecule has 2 bridgehead atoms. The highest BCUT2D eigenvalue weighted by Crippen LogP contribution is 2.68. The summed E-state index contributed by atoms with van der Waals surface area (Å²) in [4.78, 5) is 0. The first-order chi connectivity index (χ1) is 15.5. The molecular formula is C25H27FN4O2. The van der Waals surface area contributed by atoms with E-state index in [4.69, 9.17) is 14.9 Å². The molecule has 1 aromatic rings. The van der Waals surface area contributed by atoms with Crippen LogP contribution in [0.4, 0.5) is 4.39 Å². The van der Waals surface area contributed by atoms with Crippen molar-refractivity contribution in [2.75, 3.05) is 0 Å². The summed E-state index contributed by atoms with van der Waals surface area (Å²) in [5.41, 5.74) is -3.90. The lowest BCUT2D eigenvalue weighted by atomic mass is 9.52. The number of benzene rings is 1. The quantitative estimate of drug-likeness (QED) is 0.611. The first-order valence-electron chi connectivity index (χ1n) is 11.5. The SMILES string of the molecule is N#CC1(C#N)C(c2ccccc2F)OC23CCCCCCCCCCC2C1(C#N)C(=N)O3. The Hall–Kier alpha value is -2.95. The van der Waals surface area contributed by atoms with Crippen LogP contribution < -0.4 is 0 Å². The number of nitriles is 3. The summed E-state index contributed by atoms with van der Waals surface area (Å²) in [5.74, 6) is -2.98. The maximum Gasteiger partial charge on any atom is 0.217 e. The van der Waals surface area contributed by atoms with Crippen molar-refractivity contribution in [2.24, 2.45) is 16.7 Å².